The maximum atomic E-state index is 11.6. The minimum atomic E-state index is -0.840. The Balaban J connectivity index is 2.13. The first-order valence-electron chi connectivity index (χ1n) is 5.68. The first-order valence-corrected chi connectivity index (χ1v) is 6.56. The molecule has 0 radical (unpaired) electrons. The lowest BCUT2D eigenvalue weighted by atomic mass is 10.3. The van der Waals surface area contributed by atoms with Crippen molar-refractivity contribution >= 4 is 23.3 Å². The smallest absolute Gasteiger partial charge is 0.317 e. The fourth-order valence-electron chi connectivity index (χ4n) is 1.36. The number of carbonyl (C=O) groups excluding carboxylic acids is 1. The van der Waals surface area contributed by atoms with Crippen molar-refractivity contribution in [2.75, 3.05) is 20.1 Å². The second-order valence-electron chi connectivity index (χ2n) is 3.83. The second kappa shape index (κ2) is 7.65. The van der Waals surface area contributed by atoms with E-state index in [4.69, 9.17) is 5.11 Å². The number of carboxylic acid groups (broad SMARTS) is 1. The molecule has 0 bridgehead atoms. The Bertz CT molecular complexity index is 381. The van der Waals surface area contributed by atoms with Crippen molar-refractivity contribution in [3.8, 4) is 0 Å². The van der Waals surface area contributed by atoms with Gasteiger partial charge in [-0.3, -0.25) is 4.79 Å². The van der Waals surface area contributed by atoms with Gasteiger partial charge in [-0.2, -0.15) is 0 Å². The van der Waals surface area contributed by atoms with E-state index in [0.717, 1.165) is 5.01 Å². The highest BCUT2D eigenvalue weighted by molar-refractivity contribution is 7.09. The Labute approximate surface area is 110 Å². The average molecular weight is 271 g/mol. The van der Waals surface area contributed by atoms with Crippen LogP contribution in [0.4, 0.5) is 4.79 Å². The molecular formula is C11H17N3O3S. The summed E-state index contributed by atoms with van der Waals surface area (Å²) in [5.74, 6) is -0.840. The predicted octanol–water partition coefficient (Wildman–Crippen LogP) is 1.19. The van der Waals surface area contributed by atoms with Gasteiger partial charge in [-0.15, -0.1) is 11.3 Å². The van der Waals surface area contributed by atoms with Crippen molar-refractivity contribution in [1.82, 2.24) is 15.2 Å². The van der Waals surface area contributed by atoms with E-state index in [1.54, 1.807) is 24.6 Å². The molecule has 0 unspecified atom stereocenters. The van der Waals surface area contributed by atoms with Crippen molar-refractivity contribution in [3.63, 3.8) is 0 Å². The highest BCUT2D eigenvalue weighted by atomic mass is 32.1. The molecule has 0 saturated heterocycles. The van der Waals surface area contributed by atoms with Gasteiger partial charge in [-0.05, 0) is 6.42 Å². The predicted molar refractivity (Wildman–Crippen MR) is 68.7 cm³/mol. The van der Waals surface area contributed by atoms with Crippen LogP contribution in [0.2, 0.25) is 0 Å². The van der Waals surface area contributed by atoms with Gasteiger partial charge in [-0.1, -0.05) is 0 Å². The van der Waals surface area contributed by atoms with E-state index >= 15 is 0 Å². The van der Waals surface area contributed by atoms with Crippen LogP contribution in [0.1, 0.15) is 17.8 Å². The van der Waals surface area contributed by atoms with Crippen LogP contribution in [0.25, 0.3) is 0 Å². The third-order valence-electron chi connectivity index (χ3n) is 2.33. The molecule has 6 nitrogen and oxygen atoms in total. The van der Waals surface area contributed by atoms with Crippen LogP contribution in [0.3, 0.4) is 0 Å². The molecule has 1 rings (SSSR count). The number of rotatable bonds is 7. The zero-order chi connectivity index (χ0) is 13.4. The summed E-state index contributed by atoms with van der Waals surface area (Å²) in [6.07, 6.45) is 2.99. The zero-order valence-electron chi connectivity index (χ0n) is 10.3. The van der Waals surface area contributed by atoms with Crippen LogP contribution in [-0.4, -0.2) is 47.1 Å². The summed E-state index contributed by atoms with van der Waals surface area (Å²) in [6.45, 7) is 0.977. The zero-order valence-corrected chi connectivity index (χ0v) is 11.1. The lowest BCUT2D eigenvalue weighted by molar-refractivity contribution is -0.137. The fourth-order valence-corrected chi connectivity index (χ4v) is 1.98. The Morgan fingerprint density at radius 3 is 2.94 bits per heavy atom. The van der Waals surface area contributed by atoms with E-state index in [9.17, 15) is 9.59 Å². The van der Waals surface area contributed by atoms with Gasteiger partial charge in [-0.25, -0.2) is 9.78 Å². The number of aliphatic carboxylic acids is 1. The molecule has 0 aliphatic heterocycles. The molecule has 0 spiro atoms. The summed E-state index contributed by atoms with van der Waals surface area (Å²) < 4.78 is 0. The van der Waals surface area contributed by atoms with Gasteiger partial charge in [0.15, 0.2) is 0 Å². The van der Waals surface area contributed by atoms with Crippen LogP contribution in [0, 0.1) is 0 Å². The van der Waals surface area contributed by atoms with E-state index in [2.05, 4.69) is 10.3 Å². The van der Waals surface area contributed by atoms with Gasteiger partial charge in [0.1, 0.15) is 0 Å². The van der Waals surface area contributed by atoms with E-state index in [0.29, 0.717) is 25.9 Å². The summed E-state index contributed by atoms with van der Waals surface area (Å²) in [5.41, 5.74) is 0. The van der Waals surface area contributed by atoms with Gasteiger partial charge in [0.25, 0.3) is 0 Å². The molecule has 0 fully saturated rings. The number of amides is 2. The molecule has 0 saturated carbocycles. The standard InChI is InChI=1S/C11H17N3O3S/c1-14(7-2-3-10(15)16)11(17)13-5-4-9-12-6-8-18-9/h6,8H,2-5,7H2,1H3,(H,13,17)(H,15,16). The van der Waals surface area contributed by atoms with Crippen LogP contribution in [0.15, 0.2) is 11.6 Å². The number of urea groups is 1. The van der Waals surface area contributed by atoms with E-state index in [1.807, 2.05) is 5.38 Å². The Morgan fingerprint density at radius 2 is 2.33 bits per heavy atom. The SMILES string of the molecule is CN(CCCC(=O)O)C(=O)NCCc1nccs1. The van der Waals surface area contributed by atoms with E-state index < -0.39 is 5.97 Å². The van der Waals surface area contributed by atoms with Gasteiger partial charge in [0.05, 0.1) is 5.01 Å². The Kier molecular flexibility index (Phi) is 6.13. The van der Waals surface area contributed by atoms with Crippen molar-refractivity contribution in [3.05, 3.63) is 16.6 Å². The summed E-state index contributed by atoms with van der Waals surface area (Å²) in [5, 5.41) is 14.1. The number of hydrogen-bond donors (Lipinski definition) is 2. The van der Waals surface area contributed by atoms with E-state index in [1.165, 1.54) is 4.90 Å². The van der Waals surface area contributed by atoms with Crippen LogP contribution in [0.5, 0.6) is 0 Å². The largest absolute Gasteiger partial charge is 0.481 e. The highest BCUT2D eigenvalue weighted by Crippen LogP contribution is 2.03. The van der Waals surface area contributed by atoms with Gasteiger partial charge < -0.3 is 15.3 Å². The quantitative estimate of drug-likeness (QED) is 0.780. The molecule has 0 aliphatic carbocycles. The molecular weight excluding hydrogens is 254 g/mol. The molecule has 18 heavy (non-hydrogen) atoms. The molecule has 0 aliphatic rings. The molecule has 0 aromatic carbocycles. The molecule has 1 heterocycles. The summed E-state index contributed by atoms with van der Waals surface area (Å²) in [6, 6.07) is -0.183. The van der Waals surface area contributed by atoms with Crippen molar-refractivity contribution in [1.29, 1.82) is 0 Å². The lowest BCUT2D eigenvalue weighted by Crippen LogP contribution is -2.38. The van der Waals surface area contributed by atoms with Gasteiger partial charge >= 0.3 is 12.0 Å². The number of carbonyl (C=O) groups is 2. The molecule has 2 N–H and O–H groups in total. The van der Waals surface area contributed by atoms with Crippen molar-refractivity contribution < 1.29 is 14.7 Å². The van der Waals surface area contributed by atoms with Crippen LogP contribution in [-0.2, 0) is 11.2 Å². The lowest BCUT2D eigenvalue weighted by Gasteiger charge is -2.17. The molecule has 1 aromatic heterocycles. The number of thiazole rings is 1. The highest BCUT2D eigenvalue weighted by Gasteiger charge is 2.08. The minimum absolute atomic E-state index is 0.0801. The minimum Gasteiger partial charge on any atom is -0.481 e. The summed E-state index contributed by atoms with van der Waals surface area (Å²) in [7, 11) is 1.65. The number of aromatic nitrogens is 1. The number of carboxylic acids is 1. The maximum absolute atomic E-state index is 11.6. The summed E-state index contributed by atoms with van der Waals surface area (Å²) >= 11 is 1.56. The normalized spacial score (nSPS) is 10.1. The molecule has 1 aromatic rings. The topological polar surface area (TPSA) is 82.5 Å². The second-order valence-corrected chi connectivity index (χ2v) is 4.81. The van der Waals surface area contributed by atoms with Crippen LogP contribution < -0.4 is 5.32 Å². The third kappa shape index (κ3) is 5.62. The molecule has 0 atom stereocenters. The fraction of sp³-hybridized carbons (Fsp3) is 0.545. The number of nitrogens with zero attached hydrogens (tertiary/aromatic N) is 2. The monoisotopic (exact) mass is 271 g/mol. The first-order chi connectivity index (χ1) is 8.59. The number of nitrogens with one attached hydrogen (secondary N) is 1. The third-order valence-corrected chi connectivity index (χ3v) is 3.17. The number of hydrogen-bond acceptors (Lipinski definition) is 4. The average Bonchev–Trinajstić information content (AvgIpc) is 2.81. The van der Waals surface area contributed by atoms with Crippen molar-refractivity contribution in [2.45, 2.75) is 19.3 Å². The summed E-state index contributed by atoms with van der Waals surface area (Å²) in [4.78, 5) is 27.5. The Morgan fingerprint density at radius 1 is 1.56 bits per heavy atom. The Hall–Kier alpha value is -1.63. The first kappa shape index (κ1) is 14.4. The van der Waals surface area contributed by atoms with Crippen molar-refractivity contribution in [2.24, 2.45) is 0 Å². The molecule has 7 heteroatoms. The van der Waals surface area contributed by atoms with E-state index in [-0.39, 0.29) is 12.5 Å². The van der Waals surface area contributed by atoms with Gasteiger partial charge in [0, 0.05) is 44.6 Å². The molecule has 100 valence electrons. The van der Waals surface area contributed by atoms with Crippen LogP contribution >= 0.6 is 11.3 Å². The van der Waals surface area contributed by atoms with Gasteiger partial charge in [0.2, 0.25) is 0 Å². The maximum Gasteiger partial charge on any atom is 0.317 e. The molecule has 2 amide bonds.